The highest BCUT2D eigenvalue weighted by Crippen LogP contribution is 2.29. The summed E-state index contributed by atoms with van der Waals surface area (Å²) in [6, 6.07) is 0. The summed E-state index contributed by atoms with van der Waals surface area (Å²) in [4.78, 5) is 11.0. The number of carboxylic acid groups (broad SMARTS) is 1. The molecule has 1 unspecified atom stereocenters. The van der Waals surface area contributed by atoms with Gasteiger partial charge in [0.2, 0.25) is 0 Å². The summed E-state index contributed by atoms with van der Waals surface area (Å²) in [7, 11) is 0. The smallest absolute Gasteiger partial charge is 0.307 e. The number of rotatable bonds is 3. The predicted octanol–water partition coefficient (Wildman–Crippen LogP) is 1.77. The molecule has 76 valence electrons. The Morgan fingerprint density at radius 3 is 2.31 bits per heavy atom. The standard InChI is InChI=1S/C10H18O3/c1-7(2)9(10(11)12)8-3-5-13-6-4-8/h7-9H,3-6H2,1-2H3,(H,11,12). The molecule has 1 aliphatic rings. The van der Waals surface area contributed by atoms with E-state index in [1.54, 1.807) is 0 Å². The Balaban J connectivity index is 2.57. The van der Waals surface area contributed by atoms with Crippen molar-refractivity contribution >= 4 is 5.97 Å². The second-order valence-corrected chi connectivity index (χ2v) is 4.06. The van der Waals surface area contributed by atoms with Gasteiger partial charge in [0.15, 0.2) is 0 Å². The molecule has 1 N–H and O–H groups in total. The van der Waals surface area contributed by atoms with Crippen LogP contribution in [-0.4, -0.2) is 24.3 Å². The SMILES string of the molecule is CC(C)C(C(=O)O)C1CCOCC1. The van der Waals surface area contributed by atoms with E-state index in [9.17, 15) is 4.79 Å². The molecule has 0 aromatic carbocycles. The van der Waals surface area contributed by atoms with Crippen molar-refractivity contribution in [2.45, 2.75) is 26.7 Å². The zero-order valence-electron chi connectivity index (χ0n) is 8.32. The molecule has 3 nitrogen and oxygen atoms in total. The number of carbonyl (C=O) groups is 1. The van der Waals surface area contributed by atoms with Gasteiger partial charge < -0.3 is 9.84 Å². The van der Waals surface area contributed by atoms with Gasteiger partial charge in [0, 0.05) is 13.2 Å². The Labute approximate surface area is 79.1 Å². The van der Waals surface area contributed by atoms with E-state index >= 15 is 0 Å². The minimum Gasteiger partial charge on any atom is -0.481 e. The van der Waals surface area contributed by atoms with Crippen LogP contribution in [-0.2, 0) is 9.53 Å². The van der Waals surface area contributed by atoms with Crippen LogP contribution in [0.1, 0.15) is 26.7 Å². The quantitative estimate of drug-likeness (QED) is 0.730. The van der Waals surface area contributed by atoms with E-state index < -0.39 is 5.97 Å². The molecule has 0 amide bonds. The number of aliphatic carboxylic acids is 1. The summed E-state index contributed by atoms with van der Waals surface area (Å²) < 4.78 is 5.22. The fraction of sp³-hybridized carbons (Fsp3) is 0.900. The van der Waals surface area contributed by atoms with Crippen LogP contribution in [0.15, 0.2) is 0 Å². The van der Waals surface area contributed by atoms with Crippen LogP contribution in [0.4, 0.5) is 0 Å². The Hall–Kier alpha value is -0.570. The fourth-order valence-corrected chi connectivity index (χ4v) is 2.11. The lowest BCUT2D eigenvalue weighted by atomic mass is 9.79. The molecule has 0 radical (unpaired) electrons. The number of carboxylic acids is 1. The maximum absolute atomic E-state index is 11.0. The zero-order chi connectivity index (χ0) is 9.84. The molecule has 1 atom stereocenters. The van der Waals surface area contributed by atoms with Gasteiger partial charge in [-0.1, -0.05) is 13.8 Å². The minimum atomic E-state index is -0.651. The average Bonchev–Trinajstić information content (AvgIpc) is 2.04. The molecule has 13 heavy (non-hydrogen) atoms. The van der Waals surface area contributed by atoms with Gasteiger partial charge >= 0.3 is 5.97 Å². The first-order valence-electron chi connectivity index (χ1n) is 4.93. The number of ether oxygens (including phenoxy) is 1. The maximum Gasteiger partial charge on any atom is 0.307 e. The lowest BCUT2D eigenvalue weighted by molar-refractivity contribution is -0.147. The number of hydrogen-bond acceptors (Lipinski definition) is 2. The van der Waals surface area contributed by atoms with Gasteiger partial charge in [-0.15, -0.1) is 0 Å². The van der Waals surface area contributed by atoms with E-state index in [1.165, 1.54) is 0 Å². The van der Waals surface area contributed by atoms with Crippen LogP contribution < -0.4 is 0 Å². The van der Waals surface area contributed by atoms with Gasteiger partial charge in [-0.25, -0.2) is 0 Å². The lowest BCUT2D eigenvalue weighted by Gasteiger charge is -2.29. The molecule has 0 aliphatic carbocycles. The minimum absolute atomic E-state index is 0.191. The summed E-state index contributed by atoms with van der Waals surface area (Å²) in [5.41, 5.74) is 0. The van der Waals surface area contributed by atoms with Crippen molar-refractivity contribution in [3.05, 3.63) is 0 Å². The van der Waals surface area contributed by atoms with E-state index in [1.807, 2.05) is 13.8 Å². The molecule has 3 heteroatoms. The van der Waals surface area contributed by atoms with Crippen molar-refractivity contribution < 1.29 is 14.6 Å². The third kappa shape index (κ3) is 2.69. The molecule has 1 rings (SSSR count). The summed E-state index contributed by atoms with van der Waals surface area (Å²) in [6.45, 7) is 5.41. The summed E-state index contributed by atoms with van der Waals surface area (Å²) >= 11 is 0. The summed E-state index contributed by atoms with van der Waals surface area (Å²) in [5, 5.41) is 9.06. The second kappa shape index (κ2) is 4.61. The first-order chi connectivity index (χ1) is 6.13. The van der Waals surface area contributed by atoms with Crippen molar-refractivity contribution in [2.75, 3.05) is 13.2 Å². The van der Waals surface area contributed by atoms with Crippen molar-refractivity contribution in [3.8, 4) is 0 Å². The van der Waals surface area contributed by atoms with Gasteiger partial charge in [0.05, 0.1) is 5.92 Å². The molecule has 0 aromatic heterocycles. The van der Waals surface area contributed by atoms with Gasteiger partial charge in [-0.05, 0) is 24.7 Å². The fourth-order valence-electron chi connectivity index (χ4n) is 2.11. The topological polar surface area (TPSA) is 46.5 Å². The highest BCUT2D eigenvalue weighted by atomic mass is 16.5. The third-order valence-corrected chi connectivity index (χ3v) is 2.78. The van der Waals surface area contributed by atoms with E-state index in [4.69, 9.17) is 9.84 Å². The summed E-state index contributed by atoms with van der Waals surface area (Å²) in [6.07, 6.45) is 1.80. The Bertz CT molecular complexity index is 171. The highest BCUT2D eigenvalue weighted by molar-refractivity contribution is 5.70. The molecule has 0 saturated carbocycles. The van der Waals surface area contributed by atoms with Crippen molar-refractivity contribution in [1.82, 2.24) is 0 Å². The van der Waals surface area contributed by atoms with Crippen LogP contribution in [0, 0.1) is 17.8 Å². The molecule has 1 heterocycles. The third-order valence-electron chi connectivity index (χ3n) is 2.78. The van der Waals surface area contributed by atoms with Crippen LogP contribution in [0.25, 0.3) is 0 Å². The van der Waals surface area contributed by atoms with Gasteiger partial charge in [-0.2, -0.15) is 0 Å². The largest absolute Gasteiger partial charge is 0.481 e. The average molecular weight is 186 g/mol. The molecule has 0 spiro atoms. The van der Waals surface area contributed by atoms with Crippen molar-refractivity contribution in [3.63, 3.8) is 0 Å². The van der Waals surface area contributed by atoms with Gasteiger partial charge in [-0.3, -0.25) is 4.79 Å². The normalized spacial score (nSPS) is 21.8. The first kappa shape index (κ1) is 10.5. The molecule has 0 bridgehead atoms. The second-order valence-electron chi connectivity index (χ2n) is 4.06. The molecule has 0 aromatic rings. The Morgan fingerprint density at radius 2 is 1.92 bits per heavy atom. The molecule has 1 fully saturated rings. The van der Waals surface area contributed by atoms with Crippen LogP contribution in [0.3, 0.4) is 0 Å². The predicted molar refractivity (Wildman–Crippen MR) is 49.5 cm³/mol. The molecule has 1 aliphatic heterocycles. The van der Waals surface area contributed by atoms with Crippen LogP contribution in [0.2, 0.25) is 0 Å². The van der Waals surface area contributed by atoms with E-state index in [2.05, 4.69) is 0 Å². The highest BCUT2D eigenvalue weighted by Gasteiger charge is 2.31. The molecular weight excluding hydrogens is 168 g/mol. The van der Waals surface area contributed by atoms with Gasteiger partial charge in [0.1, 0.15) is 0 Å². The van der Waals surface area contributed by atoms with E-state index in [0.29, 0.717) is 5.92 Å². The van der Waals surface area contributed by atoms with Crippen molar-refractivity contribution in [1.29, 1.82) is 0 Å². The van der Waals surface area contributed by atoms with Crippen LogP contribution >= 0.6 is 0 Å². The Morgan fingerprint density at radius 1 is 1.38 bits per heavy atom. The molecular formula is C10H18O3. The monoisotopic (exact) mass is 186 g/mol. The van der Waals surface area contributed by atoms with Crippen LogP contribution in [0.5, 0.6) is 0 Å². The maximum atomic E-state index is 11.0. The Kier molecular flexibility index (Phi) is 3.72. The van der Waals surface area contributed by atoms with Gasteiger partial charge in [0.25, 0.3) is 0 Å². The van der Waals surface area contributed by atoms with Crippen molar-refractivity contribution in [2.24, 2.45) is 17.8 Å². The number of hydrogen-bond donors (Lipinski definition) is 1. The zero-order valence-corrected chi connectivity index (χ0v) is 8.32. The first-order valence-corrected chi connectivity index (χ1v) is 4.93. The van der Waals surface area contributed by atoms with E-state index in [0.717, 1.165) is 26.1 Å². The van der Waals surface area contributed by atoms with E-state index in [-0.39, 0.29) is 11.8 Å². The summed E-state index contributed by atoms with van der Waals surface area (Å²) in [5.74, 6) is -0.308. The molecule has 1 saturated heterocycles. The lowest BCUT2D eigenvalue weighted by Crippen LogP contribution is -2.32.